The number of carbonyl (C=O) groups excluding carboxylic acids is 3. The fourth-order valence-corrected chi connectivity index (χ4v) is 6.57. The van der Waals surface area contributed by atoms with Gasteiger partial charge in [-0.25, -0.2) is 4.79 Å². The summed E-state index contributed by atoms with van der Waals surface area (Å²) >= 11 is 0. The molecule has 56 heavy (non-hydrogen) atoms. The van der Waals surface area contributed by atoms with Crippen molar-refractivity contribution in [2.75, 3.05) is 13.2 Å². The molecule has 0 aliphatic carbocycles. The average Bonchev–Trinajstić information content (AvgIpc) is 3.18. The van der Waals surface area contributed by atoms with E-state index in [4.69, 9.17) is 14.9 Å². The van der Waals surface area contributed by atoms with E-state index in [1.807, 2.05) is 0 Å². The predicted molar refractivity (Wildman–Crippen MR) is 231 cm³/mol. The Labute approximate surface area is 342 Å². The zero-order valence-electron chi connectivity index (χ0n) is 35.9. The number of aliphatic carboxylic acids is 1. The molecular formula is C47H84N2O7. The molecule has 0 aromatic heterocycles. The Morgan fingerprint density at radius 2 is 1.00 bits per heavy atom. The molecule has 0 bridgehead atoms. The van der Waals surface area contributed by atoms with Crippen molar-refractivity contribution in [2.24, 2.45) is 0 Å². The van der Waals surface area contributed by atoms with Crippen molar-refractivity contribution in [3.63, 3.8) is 0 Å². The lowest BCUT2D eigenvalue weighted by molar-refractivity contribution is -0.150. The number of carboxylic acids is 1. The van der Waals surface area contributed by atoms with Gasteiger partial charge in [0.15, 0.2) is 0 Å². The summed E-state index contributed by atoms with van der Waals surface area (Å²) in [4.78, 5) is 47.6. The van der Waals surface area contributed by atoms with E-state index in [9.17, 15) is 19.2 Å². The van der Waals surface area contributed by atoms with Gasteiger partial charge in [0.25, 0.3) is 0 Å². The van der Waals surface area contributed by atoms with Gasteiger partial charge in [-0.1, -0.05) is 147 Å². The summed E-state index contributed by atoms with van der Waals surface area (Å²) < 4.78 is 6.03. The van der Waals surface area contributed by atoms with Gasteiger partial charge in [-0.15, -0.1) is 0 Å². The zero-order valence-corrected chi connectivity index (χ0v) is 35.9. The van der Waals surface area contributed by atoms with E-state index in [1.54, 1.807) is 0 Å². The van der Waals surface area contributed by atoms with Gasteiger partial charge in [-0.3, -0.25) is 14.4 Å². The van der Waals surface area contributed by atoms with Crippen molar-refractivity contribution >= 4 is 23.8 Å². The van der Waals surface area contributed by atoms with Crippen LogP contribution in [0.3, 0.4) is 0 Å². The first-order chi connectivity index (χ1) is 27.3. The molecule has 0 saturated heterocycles. The Hall–Kier alpha value is -2.94. The topological polar surface area (TPSA) is 142 Å². The number of rotatable bonds is 41. The van der Waals surface area contributed by atoms with E-state index in [1.165, 1.54) is 83.5 Å². The Balaban J connectivity index is 4.38. The number of aliphatic hydroxyl groups excluding tert-OH is 1. The second-order valence-electron chi connectivity index (χ2n) is 15.5. The summed E-state index contributed by atoms with van der Waals surface area (Å²) in [7, 11) is 0. The Morgan fingerprint density at radius 3 is 1.54 bits per heavy atom. The predicted octanol–water partition coefficient (Wildman–Crippen LogP) is 11.4. The van der Waals surface area contributed by atoms with Gasteiger partial charge in [0, 0.05) is 12.8 Å². The third-order valence-corrected chi connectivity index (χ3v) is 10.1. The highest BCUT2D eigenvalue weighted by Crippen LogP contribution is 2.18. The van der Waals surface area contributed by atoms with Crippen LogP contribution in [-0.2, 0) is 23.9 Å². The number of carboxylic acid groups (broad SMARTS) is 1. The van der Waals surface area contributed by atoms with Crippen molar-refractivity contribution in [3.8, 4) is 0 Å². The average molecular weight is 789 g/mol. The first-order valence-corrected chi connectivity index (χ1v) is 22.9. The van der Waals surface area contributed by atoms with Gasteiger partial charge in [-0.05, 0) is 89.9 Å². The molecule has 0 heterocycles. The summed E-state index contributed by atoms with van der Waals surface area (Å²) in [5.41, 5.74) is 0. The highest BCUT2D eigenvalue weighted by atomic mass is 16.5. The first kappa shape index (κ1) is 53.1. The molecule has 0 fully saturated rings. The Kier molecular flexibility index (Phi) is 39.5. The van der Waals surface area contributed by atoms with Crippen LogP contribution in [0, 0.1) is 0 Å². The number of carbonyl (C=O) groups is 4. The van der Waals surface area contributed by atoms with Crippen LogP contribution in [0.4, 0.5) is 0 Å². The molecule has 0 aromatic carbocycles. The van der Waals surface area contributed by atoms with E-state index in [0.29, 0.717) is 12.8 Å². The number of hydrogen-bond donors (Lipinski definition) is 4. The molecule has 0 spiro atoms. The standard InChI is InChI=1S/C47H84N2O7/c1-3-5-7-9-11-13-15-17-18-20-21-23-25-28-32-36-42(56-46(53)39-35-31-26-24-22-19-16-14-12-10-8-6-4-2)37-33-29-27-30-34-38-44(51)48-40-45(52)49-43(41-50)47(54)55/h8,10,14,16,20-21,42-43,50H,3-7,9,11-13,15,17-19,22-41H2,1-2H3,(H,48,51)(H,49,52)(H,54,55)/b10-8-,16-14-,21-20-. The molecule has 324 valence electrons. The molecule has 0 aromatic rings. The molecule has 4 N–H and O–H groups in total. The number of esters is 1. The van der Waals surface area contributed by atoms with Crippen molar-refractivity contribution < 1.29 is 34.1 Å². The SMILES string of the molecule is CCC/C=C\C/C=C\CCCCCCCC(=O)OC(CCCCC/C=C\CCCCCCCCCC)CCCCCCCC(=O)NCC(=O)NC(CO)C(=O)O. The Morgan fingerprint density at radius 1 is 0.536 bits per heavy atom. The van der Waals surface area contributed by atoms with Gasteiger partial charge < -0.3 is 25.6 Å². The first-order valence-electron chi connectivity index (χ1n) is 22.9. The summed E-state index contributed by atoms with van der Waals surface area (Å²) in [6.45, 7) is 3.42. The summed E-state index contributed by atoms with van der Waals surface area (Å²) in [5.74, 6) is -2.31. The summed E-state index contributed by atoms with van der Waals surface area (Å²) in [6.07, 6.45) is 47.4. The van der Waals surface area contributed by atoms with Crippen LogP contribution in [0.2, 0.25) is 0 Å². The van der Waals surface area contributed by atoms with E-state index >= 15 is 0 Å². The number of aliphatic hydroxyl groups is 1. The van der Waals surface area contributed by atoms with Crippen LogP contribution in [0.5, 0.6) is 0 Å². The van der Waals surface area contributed by atoms with Crippen LogP contribution >= 0.6 is 0 Å². The van der Waals surface area contributed by atoms with Crippen molar-refractivity contribution in [2.45, 2.75) is 225 Å². The van der Waals surface area contributed by atoms with Crippen LogP contribution in [0.1, 0.15) is 213 Å². The minimum Gasteiger partial charge on any atom is -0.480 e. The molecule has 9 nitrogen and oxygen atoms in total. The molecule has 2 atom stereocenters. The molecule has 0 aliphatic rings. The number of allylic oxidation sites excluding steroid dienone is 6. The number of ether oxygens (including phenoxy) is 1. The minimum absolute atomic E-state index is 0.0351. The molecule has 0 radical (unpaired) electrons. The summed E-state index contributed by atoms with van der Waals surface area (Å²) in [6, 6.07) is -1.38. The van der Waals surface area contributed by atoms with E-state index in [-0.39, 0.29) is 30.9 Å². The Bertz CT molecular complexity index is 1040. The van der Waals surface area contributed by atoms with Crippen molar-refractivity contribution in [1.82, 2.24) is 10.6 Å². The maximum Gasteiger partial charge on any atom is 0.328 e. The smallest absolute Gasteiger partial charge is 0.328 e. The molecule has 0 aliphatic heterocycles. The lowest BCUT2D eigenvalue weighted by Crippen LogP contribution is -2.47. The van der Waals surface area contributed by atoms with Crippen LogP contribution in [0.15, 0.2) is 36.5 Å². The number of hydrogen-bond acceptors (Lipinski definition) is 6. The highest BCUT2D eigenvalue weighted by molar-refractivity contribution is 5.87. The van der Waals surface area contributed by atoms with E-state index < -0.39 is 24.5 Å². The fraction of sp³-hybridized carbons (Fsp3) is 0.787. The number of amides is 2. The van der Waals surface area contributed by atoms with Gasteiger partial charge in [-0.2, -0.15) is 0 Å². The van der Waals surface area contributed by atoms with Crippen molar-refractivity contribution in [1.29, 1.82) is 0 Å². The molecule has 2 amide bonds. The molecule has 9 heteroatoms. The second kappa shape index (κ2) is 41.7. The monoisotopic (exact) mass is 789 g/mol. The van der Waals surface area contributed by atoms with Crippen molar-refractivity contribution in [3.05, 3.63) is 36.5 Å². The second-order valence-corrected chi connectivity index (χ2v) is 15.5. The normalized spacial score (nSPS) is 12.8. The lowest BCUT2D eigenvalue weighted by Gasteiger charge is -2.18. The highest BCUT2D eigenvalue weighted by Gasteiger charge is 2.19. The van der Waals surface area contributed by atoms with Gasteiger partial charge >= 0.3 is 11.9 Å². The maximum absolute atomic E-state index is 12.8. The minimum atomic E-state index is -1.38. The molecule has 0 rings (SSSR count). The lowest BCUT2D eigenvalue weighted by atomic mass is 10.0. The quantitative estimate of drug-likeness (QED) is 0.0274. The van der Waals surface area contributed by atoms with E-state index in [2.05, 4.69) is 60.9 Å². The summed E-state index contributed by atoms with van der Waals surface area (Å²) in [5, 5.41) is 22.6. The van der Waals surface area contributed by atoms with Gasteiger partial charge in [0.2, 0.25) is 11.8 Å². The van der Waals surface area contributed by atoms with Gasteiger partial charge in [0.1, 0.15) is 12.1 Å². The third kappa shape index (κ3) is 38.0. The zero-order chi connectivity index (χ0) is 41.2. The number of unbranched alkanes of at least 4 members (excludes halogenated alkanes) is 21. The maximum atomic E-state index is 12.8. The van der Waals surface area contributed by atoms with Crippen LogP contribution in [0.25, 0.3) is 0 Å². The van der Waals surface area contributed by atoms with Crippen LogP contribution in [-0.4, -0.2) is 59.3 Å². The molecular weight excluding hydrogens is 705 g/mol. The number of nitrogens with one attached hydrogen (secondary N) is 2. The third-order valence-electron chi connectivity index (χ3n) is 10.1. The molecule has 2 unspecified atom stereocenters. The fourth-order valence-electron chi connectivity index (χ4n) is 6.57. The van der Waals surface area contributed by atoms with E-state index in [0.717, 1.165) is 96.3 Å². The molecule has 0 saturated carbocycles. The van der Waals surface area contributed by atoms with Gasteiger partial charge in [0.05, 0.1) is 13.2 Å². The van der Waals surface area contributed by atoms with Crippen LogP contribution < -0.4 is 10.6 Å². The largest absolute Gasteiger partial charge is 0.480 e.